The number of amides is 1. The number of nitrogens with one attached hydrogen (secondary N) is 1. The van der Waals surface area contributed by atoms with E-state index in [1.807, 2.05) is 25.1 Å². The zero-order valence-electron chi connectivity index (χ0n) is 19.8. The molecule has 180 valence electrons. The predicted octanol–water partition coefficient (Wildman–Crippen LogP) is 3.45. The first-order valence-electron chi connectivity index (χ1n) is 11.1. The van der Waals surface area contributed by atoms with Crippen molar-refractivity contribution in [3.8, 4) is 6.07 Å². The number of hydrogen-bond acceptors (Lipinski definition) is 6. The Morgan fingerprint density at radius 3 is 2.32 bits per heavy atom. The number of aryl methyl sites for hydroxylation is 3. The number of piperidine rings is 1. The summed E-state index contributed by atoms with van der Waals surface area (Å²) in [5, 5.41) is 11.6. The maximum absolute atomic E-state index is 13.2. The minimum atomic E-state index is -3.67. The molecule has 1 heterocycles. The van der Waals surface area contributed by atoms with E-state index < -0.39 is 33.9 Å². The van der Waals surface area contributed by atoms with Gasteiger partial charge in [-0.3, -0.25) is 9.59 Å². The van der Waals surface area contributed by atoms with Crippen molar-refractivity contribution < 1.29 is 22.7 Å². The molecule has 1 aliphatic rings. The fourth-order valence-electron chi connectivity index (χ4n) is 4.27. The van der Waals surface area contributed by atoms with Crippen molar-refractivity contribution in [1.29, 1.82) is 5.26 Å². The van der Waals surface area contributed by atoms with Gasteiger partial charge in [0.1, 0.15) is 0 Å². The number of rotatable bonds is 6. The molecule has 34 heavy (non-hydrogen) atoms. The van der Waals surface area contributed by atoms with Crippen LogP contribution < -0.4 is 5.32 Å². The molecule has 0 bridgehead atoms. The molecule has 0 aromatic heterocycles. The molecular weight excluding hydrogens is 454 g/mol. The maximum atomic E-state index is 13.2. The van der Waals surface area contributed by atoms with E-state index in [4.69, 9.17) is 10.00 Å². The van der Waals surface area contributed by atoms with Gasteiger partial charge in [-0.1, -0.05) is 23.8 Å². The number of ether oxygens (including phenoxy) is 1. The smallest absolute Gasteiger partial charge is 0.309 e. The Hall–Kier alpha value is -3.22. The summed E-state index contributed by atoms with van der Waals surface area (Å²) in [5.74, 6) is -1.51. The summed E-state index contributed by atoms with van der Waals surface area (Å²) < 4.78 is 33.2. The lowest BCUT2D eigenvalue weighted by molar-refractivity contribution is -0.158. The molecular formula is C25H29N3O5S. The summed E-state index contributed by atoms with van der Waals surface area (Å²) in [4.78, 5) is 25.3. The molecule has 0 aliphatic carbocycles. The number of carbonyl (C=O) groups is 2. The van der Waals surface area contributed by atoms with E-state index in [0.29, 0.717) is 40.1 Å². The van der Waals surface area contributed by atoms with Crippen LogP contribution in [-0.2, 0) is 24.3 Å². The van der Waals surface area contributed by atoms with Gasteiger partial charge in [0, 0.05) is 18.8 Å². The third-order valence-electron chi connectivity index (χ3n) is 5.91. The van der Waals surface area contributed by atoms with Crippen molar-refractivity contribution in [3.63, 3.8) is 0 Å². The Kier molecular flexibility index (Phi) is 7.75. The van der Waals surface area contributed by atoms with Gasteiger partial charge in [-0.05, 0) is 69.9 Å². The average molecular weight is 484 g/mol. The van der Waals surface area contributed by atoms with Crippen molar-refractivity contribution >= 4 is 27.6 Å². The van der Waals surface area contributed by atoms with E-state index in [2.05, 4.69) is 5.32 Å². The van der Waals surface area contributed by atoms with E-state index in [0.717, 1.165) is 5.56 Å². The zero-order valence-corrected chi connectivity index (χ0v) is 20.6. The maximum Gasteiger partial charge on any atom is 0.309 e. The summed E-state index contributed by atoms with van der Waals surface area (Å²) in [7, 11) is -3.67. The van der Waals surface area contributed by atoms with Crippen molar-refractivity contribution in [3.05, 3.63) is 58.7 Å². The number of hydrogen-bond donors (Lipinski definition) is 1. The van der Waals surface area contributed by atoms with Gasteiger partial charge in [-0.15, -0.1) is 0 Å². The third-order valence-corrected chi connectivity index (χ3v) is 8.12. The second-order valence-electron chi connectivity index (χ2n) is 8.67. The van der Waals surface area contributed by atoms with Crippen molar-refractivity contribution in [2.75, 3.05) is 18.4 Å². The minimum absolute atomic E-state index is 0.205. The predicted molar refractivity (Wildman–Crippen MR) is 127 cm³/mol. The standard InChI is InChI=1S/C25H29N3O5S/c1-16-12-17(2)23(18(3)13-16)34(31,32)28-10-8-21(9-11-28)25(30)33-19(4)24(29)27-22-7-5-6-20(14-22)15-26/h5-7,12-14,19,21H,8-11H2,1-4H3,(H,27,29). The molecule has 0 radical (unpaired) electrons. The van der Waals surface area contributed by atoms with E-state index in [1.54, 1.807) is 32.0 Å². The summed E-state index contributed by atoms with van der Waals surface area (Å²) >= 11 is 0. The van der Waals surface area contributed by atoms with Crippen LogP contribution in [0.1, 0.15) is 42.0 Å². The molecule has 8 nitrogen and oxygen atoms in total. The highest BCUT2D eigenvalue weighted by atomic mass is 32.2. The largest absolute Gasteiger partial charge is 0.452 e. The molecule has 9 heteroatoms. The van der Waals surface area contributed by atoms with E-state index >= 15 is 0 Å². The second kappa shape index (κ2) is 10.4. The van der Waals surface area contributed by atoms with Gasteiger partial charge in [-0.2, -0.15) is 9.57 Å². The van der Waals surface area contributed by atoms with Gasteiger partial charge in [0.05, 0.1) is 22.4 Å². The van der Waals surface area contributed by atoms with Crippen LogP contribution >= 0.6 is 0 Å². The Morgan fingerprint density at radius 2 is 1.74 bits per heavy atom. The monoisotopic (exact) mass is 483 g/mol. The number of esters is 1. The molecule has 2 aromatic carbocycles. The normalized spacial score (nSPS) is 15.9. The summed E-state index contributed by atoms with van der Waals surface area (Å²) in [6.07, 6.45) is -0.390. The molecule has 1 N–H and O–H groups in total. The Morgan fingerprint density at radius 1 is 1.12 bits per heavy atom. The first kappa shape index (κ1) is 25.4. The molecule has 1 atom stereocenters. The number of benzene rings is 2. The molecule has 3 rings (SSSR count). The van der Waals surface area contributed by atoms with E-state index in [9.17, 15) is 18.0 Å². The number of sulfonamides is 1. The highest BCUT2D eigenvalue weighted by Gasteiger charge is 2.35. The zero-order chi connectivity index (χ0) is 25.0. The number of nitrogens with zero attached hydrogens (tertiary/aromatic N) is 2. The van der Waals surface area contributed by atoms with E-state index in [1.165, 1.54) is 17.3 Å². The van der Waals surface area contributed by atoms with Gasteiger partial charge in [0.2, 0.25) is 10.0 Å². The van der Waals surface area contributed by atoms with Crippen LogP contribution in [0.3, 0.4) is 0 Å². The Balaban J connectivity index is 1.58. The van der Waals surface area contributed by atoms with Crippen molar-refractivity contribution in [2.24, 2.45) is 5.92 Å². The van der Waals surface area contributed by atoms with Gasteiger partial charge in [0.15, 0.2) is 6.10 Å². The SMILES string of the molecule is Cc1cc(C)c(S(=O)(=O)N2CCC(C(=O)OC(C)C(=O)Nc3cccc(C#N)c3)CC2)c(C)c1. The molecule has 1 aliphatic heterocycles. The molecule has 2 aromatic rings. The average Bonchev–Trinajstić information content (AvgIpc) is 2.78. The minimum Gasteiger partial charge on any atom is -0.452 e. The number of carbonyl (C=O) groups excluding carboxylic acids is 2. The Bertz CT molecular complexity index is 1220. The van der Waals surface area contributed by atoms with E-state index in [-0.39, 0.29) is 13.1 Å². The fourth-order valence-corrected chi connectivity index (χ4v) is 6.15. The highest BCUT2D eigenvalue weighted by Crippen LogP contribution is 2.29. The molecule has 1 fully saturated rings. The van der Waals surface area contributed by atoms with Crippen LogP contribution in [0.2, 0.25) is 0 Å². The van der Waals surface area contributed by atoms with Gasteiger partial charge in [0.25, 0.3) is 5.91 Å². The topological polar surface area (TPSA) is 117 Å². The molecule has 1 amide bonds. The molecule has 0 spiro atoms. The van der Waals surface area contributed by atoms with Crippen LogP contribution in [-0.4, -0.2) is 43.8 Å². The Labute approximate surface area is 200 Å². The highest BCUT2D eigenvalue weighted by molar-refractivity contribution is 7.89. The second-order valence-corrected chi connectivity index (χ2v) is 10.5. The third kappa shape index (κ3) is 5.64. The van der Waals surface area contributed by atoms with Gasteiger partial charge < -0.3 is 10.1 Å². The summed E-state index contributed by atoms with van der Waals surface area (Å²) in [6.45, 7) is 7.40. The first-order chi connectivity index (χ1) is 16.0. The van der Waals surface area contributed by atoms with Gasteiger partial charge in [-0.25, -0.2) is 8.42 Å². The summed E-state index contributed by atoms with van der Waals surface area (Å²) in [6, 6.07) is 12.1. The van der Waals surface area contributed by atoms with Crippen LogP contribution in [0.5, 0.6) is 0 Å². The van der Waals surface area contributed by atoms with Crippen LogP contribution in [0, 0.1) is 38.0 Å². The lowest BCUT2D eigenvalue weighted by atomic mass is 9.98. The number of nitriles is 1. The first-order valence-corrected chi connectivity index (χ1v) is 12.6. The van der Waals surface area contributed by atoms with Crippen LogP contribution in [0.4, 0.5) is 5.69 Å². The van der Waals surface area contributed by atoms with Gasteiger partial charge >= 0.3 is 5.97 Å². The summed E-state index contributed by atoms with van der Waals surface area (Å²) in [5.41, 5.74) is 3.26. The van der Waals surface area contributed by atoms with Crippen LogP contribution in [0.15, 0.2) is 41.3 Å². The van der Waals surface area contributed by atoms with Crippen LogP contribution in [0.25, 0.3) is 0 Å². The molecule has 0 saturated carbocycles. The number of anilines is 1. The lowest BCUT2D eigenvalue weighted by Gasteiger charge is -2.31. The fraction of sp³-hybridized carbons (Fsp3) is 0.400. The van der Waals surface area contributed by atoms with Crippen molar-refractivity contribution in [2.45, 2.75) is 51.5 Å². The van der Waals surface area contributed by atoms with Crippen molar-refractivity contribution in [1.82, 2.24) is 4.31 Å². The molecule has 1 unspecified atom stereocenters. The molecule has 1 saturated heterocycles. The lowest BCUT2D eigenvalue weighted by Crippen LogP contribution is -2.42. The quantitative estimate of drug-likeness (QED) is 0.629.